The number of nitrogens with zero attached hydrogens (tertiary/aromatic N) is 1. The Kier molecular flexibility index (Phi) is 7.42. The molecule has 4 nitrogen and oxygen atoms in total. The molecule has 4 heteroatoms. The maximum Gasteiger partial charge on any atom is 0.231 e. The summed E-state index contributed by atoms with van der Waals surface area (Å²) in [5.74, 6) is -0.288. The van der Waals surface area contributed by atoms with Crippen molar-refractivity contribution < 1.29 is 4.79 Å². The van der Waals surface area contributed by atoms with Crippen LogP contribution < -0.4 is 11.1 Å². The summed E-state index contributed by atoms with van der Waals surface area (Å²) in [6.07, 6.45) is 2.24. The van der Waals surface area contributed by atoms with E-state index in [2.05, 4.69) is 31.1 Å². The van der Waals surface area contributed by atoms with E-state index in [1.807, 2.05) is 0 Å². The first-order chi connectivity index (χ1) is 6.54. The van der Waals surface area contributed by atoms with Crippen molar-refractivity contribution in [3.05, 3.63) is 0 Å². The zero-order chi connectivity index (χ0) is 11.0. The largest absolute Gasteiger partial charge is 0.369 e. The highest BCUT2D eigenvalue weighted by molar-refractivity contribution is 5.75. The third kappa shape index (κ3) is 8.01. The minimum atomic E-state index is -0.288. The van der Waals surface area contributed by atoms with Gasteiger partial charge in [-0.1, -0.05) is 0 Å². The van der Waals surface area contributed by atoms with Crippen LogP contribution in [0.5, 0.6) is 0 Å². The van der Waals surface area contributed by atoms with Crippen LogP contribution in [0.2, 0.25) is 0 Å². The molecule has 3 N–H and O–H groups in total. The average molecular weight is 201 g/mol. The fourth-order valence-electron chi connectivity index (χ4n) is 1.08. The minimum Gasteiger partial charge on any atom is -0.369 e. The minimum absolute atomic E-state index is 0.288. The molecule has 0 aliphatic rings. The van der Waals surface area contributed by atoms with E-state index >= 15 is 0 Å². The van der Waals surface area contributed by atoms with Gasteiger partial charge in [-0.15, -0.1) is 0 Å². The quantitative estimate of drug-likeness (QED) is 0.551. The molecule has 0 saturated heterocycles. The lowest BCUT2D eigenvalue weighted by Gasteiger charge is -2.20. The number of hydrogen-bond acceptors (Lipinski definition) is 3. The molecule has 0 rings (SSSR count). The molecule has 0 unspecified atom stereocenters. The van der Waals surface area contributed by atoms with Crippen molar-refractivity contribution in [1.82, 2.24) is 10.2 Å². The van der Waals surface area contributed by atoms with Crippen LogP contribution in [0.4, 0.5) is 0 Å². The highest BCUT2D eigenvalue weighted by Crippen LogP contribution is 1.96. The van der Waals surface area contributed by atoms with Gasteiger partial charge in [0.05, 0.1) is 6.54 Å². The number of hydrogen-bond donors (Lipinski definition) is 2. The third-order valence-electron chi connectivity index (χ3n) is 2.30. The number of carbonyl (C=O) groups excluding carboxylic acids is 1. The van der Waals surface area contributed by atoms with Crippen molar-refractivity contribution in [3.8, 4) is 0 Å². The van der Waals surface area contributed by atoms with Gasteiger partial charge in [0.1, 0.15) is 0 Å². The summed E-state index contributed by atoms with van der Waals surface area (Å²) in [6, 6.07) is 0.605. The predicted octanol–water partition coefficient (Wildman–Crippen LogP) is 0.182. The van der Waals surface area contributed by atoms with Crippen molar-refractivity contribution in [2.24, 2.45) is 5.73 Å². The molecule has 1 amide bonds. The number of carbonyl (C=O) groups is 1. The number of primary amides is 1. The standard InChI is InChI=1S/C10H23N3O/c1-9(2)13(3)7-5-4-6-12-8-10(11)14/h9,12H,4-8H2,1-3H3,(H2,11,14). The molecule has 0 aromatic rings. The van der Waals surface area contributed by atoms with Crippen molar-refractivity contribution >= 4 is 5.91 Å². The lowest BCUT2D eigenvalue weighted by atomic mass is 10.2. The van der Waals surface area contributed by atoms with Gasteiger partial charge in [-0.25, -0.2) is 0 Å². The van der Waals surface area contributed by atoms with Gasteiger partial charge in [-0.2, -0.15) is 0 Å². The first-order valence-corrected chi connectivity index (χ1v) is 5.23. The molecular weight excluding hydrogens is 178 g/mol. The van der Waals surface area contributed by atoms with Gasteiger partial charge >= 0.3 is 0 Å². The summed E-state index contributed by atoms with van der Waals surface area (Å²) in [4.78, 5) is 12.7. The van der Waals surface area contributed by atoms with Crippen LogP contribution >= 0.6 is 0 Å². The zero-order valence-corrected chi connectivity index (χ0v) is 9.55. The Hall–Kier alpha value is -0.610. The van der Waals surface area contributed by atoms with Gasteiger partial charge in [0, 0.05) is 6.04 Å². The smallest absolute Gasteiger partial charge is 0.231 e. The molecule has 0 saturated carbocycles. The Morgan fingerprint density at radius 3 is 2.57 bits per heavy atom. The number of amides is 1. The summed E-state index contributed by atoms with van der Waals surface area (Å²) in [5.41, 5.74) is 4.99. The average Bonchev–Trinajstić information content (AvgIpc) is 2.09. The Morgan fingerprint density at radius 1 is 1.43 bits per heavy atom. The maximum absolute atomic E-state index is 10.4. The van der Waals surface area contributed by atoms with Crippen molar-refractivity contribution in [1.29, 1.82) is 0 Å². The third-order valence-corrected chi connectivity index (χ3v) is 2.30. The molecule has 0 fully saturated rings. The van der Waals surface area contributed by atoms with Crippen LogP contribution in [0, 0.1) is 0 Å². The van der Waals surface area contributed by atoms with Crippen LogP contribution in [0.15, 0.2) is 0 Å². The molecule has 0 bridgehead atoms. The summed E-state index contributed by atoms with van der Waals surface area (Å²) in [5, 5.41) is 2.99. The van der Waals surface area contributed by atoms with Crippen molar-refractivity contribution in [2.75, 3.05) is 26.7 Å². The van der Waals surface area contributed by atoms with Gasteiger partial charge in [0.2, 0.25) is 5.91 Å². The molecule has 0 aromatic heterocycles. The van der Waals surface area contributed by atoms with E-state index in [0.717, 1.165) is 25.9 Å². The molecule has 0 radical (unpaired) electrons. The van der Waals surface area contributed by atoms with Gasteiger partial charge in [-0.05, 0) is 46.8 Å². The van der Waals surface area contributed by atoms with Crippen LogP contribution in [0.25, 0.3) is 0 Å². The number of nitrogens with two attached hydrogens (primary N) is 1. The van der Waals surface area contributed by atoms with Crippen LogP contribution in [0.3, 0.4) is 0 Å². The molecule has 0 aliphatic heterocycles. The second-order valence-electron chi connectivity index (χ2n) is 3.92. The molecule has 0 aliphatic carbocycles. The van der Waals surface area contributed by atoms with Gasteiger partial charge in [-0.3, -0.25) is 4.79 Å². The van der Waals surface area contributed by atoms with Crippen molar-refractivity contribution in [3.63, 3.8) is 0 Å². The van der Waals surface area contributed by atoms with Crippen LogP contribution in [-0.2, 0) is 4.79 Å². The van der Waals surface area contributed by atoms with E-state index in [0.29, 0.717) is 12.6 Å². The van der Waals surface area contributed by atoms with E-state index in [-0.39, 0.29) is 5.91 Å². The van der Waals surface area contributed by atoms with Gasteiger partial charge in [0.15, 0.2) is 0 Å². The molecule has 0 aromatic carbocycles. The molecular formula is C10H23N3O. The Morgan fingerprint density at radius 2 is 2.07 bits per heavy atom. The second kappa shape index (κ2) is 7.76. The molecule has 0 spiro atoms. The summed E-state index contributed by atoms with van der Waals surface area (Å²) in [7, 11) is 2.13. The van der Waals surface area contributed by atoms with Crippen molar-refractivity contribution in [2.45, 2.75) is 32.7 Å². The Balaban J connectivity index is 3.17. The van der Waals surface area contributed by atoms with E-state index < -0.39 is 0 Å². The normalized spacial score (nSPS) is 11.2. The summed E-state index contributed by atoms with van der Waals surface area (Å²) >= 11 is 0. The SMILES string of the molecule is CC(C)N(C)CCCCNCC(N)=O. The maximum atomic E-state index is 10.4. The van der Waals surface area contributed by atoms with Gasteiger partial charge < -0.3 is 16.0 Å². The van der Waals surface area contributed by atoms with Crippen LogP contribution in [-0.4, -0.2) is 43.5 Å². The molecule has 0 atom stereocenters. The second-order valence-corrected chi connectivity index (χ2v) is 3.92. The highest BCUT2D eigenvalue weighted by Gasteiger charge is 2.01. The van der Waals surface area contributed by atoms with E-state index in [9.17, 15) is 4.79 Å². The first kappa shape index (κ1) is 13.4. The fraction of sp³-hybridized carbons (Fsp3) is 0.900. The zero-order valence-electron chi connectivity index (χ0n) is 9.55. The van der Waals surface area contributed by atoms with E-state index in [4.69, 9.17) is 5.73 Å². The fourth-order valence-corrected chi connectivity index (χ4v) is 1.08. The molecule has 84 valence electrons. The number of rotatable bonds is 8. The molecule has 14 heavy (non-hydrogen) atoms. The van der Waals surface area contributed by atoms with E-state index in [1.54, 1.807) is 0 Å². The Labute approximate surface area is 86.8 Å². The number of unbranched alkanes of at least 4 members (excludes halogenated alkanes) is 1. The lowest BCUT2D eigenvalue weighted by Crippen LogP contribution is -2.30. The predicted molar refractivity (Wildman–Crippen MR) is 59.1 cm³/mol. The van der Waals surface area contributed by atoms with E-state index in [1.165, 1.54) is 0 Å². The summed E-state index contributed by atoms with van der Waals surface area (Å²) in [6.45, 7) is 6.64. The van der Waals surface area contributed by atoms with Crippen LogP contribution in [0.1, 0.15) is 26.7 Å². The number of nitrogens with one attached hydrogen (secondary N) is 1. The van der Waals surface area contributed by atoms with Gasteiger partial charge in [0.25, 0.3) is 0 Å². The highest BCUT2D eigenvalue weighted by atomic mass is 16.1. The Bertz CT molecular complexity index is 159. The first-order valence-electron chi connectivity index (χ1n) is 5.23. The topological polar surface area (TPSA) is 58.4 Å². The molecule has 0 heterocycles. The summed E-state index contributed by atoms with van der Waals surface area (Å²) < 4.78 is 0. The lowest BCUT2D eigenvalue weighted by molar-refractivity contribution is -0.117. The monoisotopic (exact) mass is 201 g/mol.